The Hall–Kier alpha value is -2.62. The lowest BCUT2D eigenvalue weighted by Gasteiger charge is -2.39. The summed E-state index contributed by atoms with van der Waals surface area (Å²) in [7, 11) is 0. The summed E-state index contributed by atoms with van der Waals surface area (Å²) < 4.78 is 5.44. The number of hydrogen-bond donors (Lipinski definition) is 0. The van der Waals surface area contributed by atoms with Crippen molar-refractivity contribution in [3.63, 3.8) is 0 Å². The number of esters is 1. The number of benzene rings is 2. The minimum atomic E-state index is -0.277. The van der Waals surface area contributed by atoms with E-state index in [0.29, 0.717) is 23.6 Å². The first-order valence-electron chi connectivity index (χ1n) is 11.0. The van der Waals surface area contributed by atoms with Crippen molar-refractivity contribution in [3.8, 4) is 0 Å². The largest absolute Gasteiger partial charge is 0.462 e. The number of fused-ring (bicyclic) bond motifs is 5. The van der Waals surface area contributed by atoms with Crippen LogP contribution in [0.5, 0.6) is 0 Å². The topological polar surface area (TPSA) is 42.4 Å². The Balaban J connectivity index is 1.75. The van der Waals surface area contributed by atoms with Crippen LogP contribution in [0.3, 0.4) is 0 Å². The molecule has 2 unspecified atom stereocenters. The number of rotatable bonds is 3. The summed E-state index contributed by atoms with van der Waals surface area (Å²) in [5.41, 5.74) is 3.14. The highest BCUT2D eigenvalue weighted by molar-refractivity contribution is 6.13. The van der Waals surface area contributed by atoms with Crippen molar-refractivity contribution < 1.29 is 9.53 Å². The second-order valence-corrected chi connectivity index (χ2v) is 10.3. The number of pyridine rings is 1. The number of aromatic nitrogens is 1. The van der Waals surface area contributed by atoms with E-state index in [1.165, 1.54) is 18.2 Å². The third-order valence-electron chi connectivity index (χ3n) is 6.93. The van der Waals surface area contributed by atoms with Gasteiger partial charge in [0.25, 0.3) is 0 Å². The molecule has 1 aliphatic carbocycles. The number of nitrogens with zero attached hydrogens (tertiary/aromatic N) is 2. The fraction of sp³-hybridized carbons (Fsp3) is 0.462. The van der Waals surface area contributed by atoms with Gasteiger partial charge < -0.3 is 9.64 Å². The second-order valence-electron chi connectivity index (χ2n) is 10.3. The lowest BCUT2D eigenvalue weighted by atomic mass is 9.65. The van der Waals surface area contributed by atoms with Crippen molar-refractivity contribution in [1.29, 1.82) is 0 Å². The average molecular weight is 403 g/mol. The van der Waals surface area contributed by atoms with Crippen molar-refractivity contribution in [2.75, 3.05) is 18.1 Å². The molecule has 0 N–H and O–H groups in total. The van der Waals surface area contributed by atoms with Gasteiger partial charge in [0.1, 0.15) is 5.56 Å². The van der Waals surface area contributed by atoms with Gasteiger partial charge in [0.15, 0.2) is 0 Å². The van der Waals surface area contributed by atoms with Crippen molar-refractivity contribution in [3.05, 3.63) is 48.2 Å². The molecular weight excluding hydrogens is 372 g/mol. The number of hydrogen-bond acceptors (Lipinski definition) is 4. The van der Waals surface area contributed by atoms with E-state index in [0.717, 1.165) is 34.9 Å². The maximum absolute atomic E-state index is 12.9. The van der Waals surface area contributed by atoms with Gasteiger partial charge in [-0.3, -0.25) is 4.98 Å². The van der Waals surface area contributed by atoms with Crippen LogP contribution in [0.4, 0.5) is 5.69 Å². The third kappa shape index (κ3) is 3.05. The number of carbonyl (C=O) groups excluding carboxylic acids is 1. The molecular formula is C26H30N2O2. The van der Waals surface area contributed by atoms with Crippen molar-refractivity contribution in [2.24, 2.45) is 10.8 Å². The van der Waals surface area contributed by atoms with Crippen LogP contribution >= 0.6 is 0 Å². The molecule has 2 aromatic carbocycles. The van der Waals surface area contributed by atoms with Gasteiger partial charge in [-0.25, -0.2) is 4.79 Å². The minimum Gasteiger partial charge on any atom is -0.462 e. The highest BCUT2D eigenvalue weighted by atomic mass is 16.5. The zero-order valence-electron chi connectivity index (χ0n) is 18.4. The van der Waals surface area contributed by atoms with Gasteiger partial charge >= 0.3 is 5.97 Å². The Morgan fingerprint density at radius 1 is 1.13 bits per heavy atom. The van der Waals surface area contributed by atoms with Crippen LogP contribution in [-0.2, 0) is 4.74 Å². The normalized spacial score (nSPS) is 25.1. The smallest absolute Gasteiger partial charge is 0.341 e. The van der Waals surface area contributed by atoms with Crippen LogP contribution in [0.15, 0.2) is 42.6 Å². The van der Waals surface area contributed by atoms with Crippen LogP contribution < -0.4 is 4.90 Å². The molecule has 5 rings (SSSR count). The molecule has 0 amide bonds. The Bertz CT molecular complexity index is 1150. The first kappa shape index (κ1) is 19.3. The zero-order valence-corrected chi connectivity index (χ0v) is 18.4. The van der Waals surface area contributed by atoms with Crippen molar-refractivity contribution in [2.45, 2.75) is 53.0 Å². The summed E-state index contributed by atoms with van der Waals surface area (Å²) in [6, 6.07) is 13.0. The molecule has 1 saturated heterocycles. The molecule has 2 bridgehead atoms. The van der Waals surface area contributed by atoms with Gasteiger partial charge in [0.05, 0.1) is 17.8 Å². The molecule has 1 aliphatic heterocycles. The van der Waals surface area contributed by atoms with Crippen molar-refractivity contribution in [1.82, 2.24) is 4.98 Å². The monoisotopic (exact) mass is 402 g/mol. The van der Waals surface area contributed by atoms with E-state index in [-0.39, 0.29) is 11.4 Å². The maximum atomic E-state index is 12.9. The molecule has 4 nitrogen and oxygen atoms in total. The van der Waals surface area contributed by atoms with Gasteiger partial charge in [-0.2, -0.15) is 0 Å². The molecule has 2 fully saturated rings. The van der Waals surface area contributed by atoms with E-state index in [9.17, 15) is 4.79 Å². The SMILES string of the molecule is CCOC(=O)c1cnc2c(ccc3ccccc32)c1N1CC2(C)CC1CC(C)(C)C2. The Kier molecular flexibility index (Phi) is 4.32. The van der Waals surface area contributed by atoms with Crippen molar-refractivity contribution >= 4 is 33.3 Å². The van der Waals surface area contributed by atoms with E-state index >= 15 is 0 Å². The first-order chi connectivity index (χ1) is 14.3. The Morgan fingerprint density at radius 2 is 1.93 bits per heavy atom. The maximum Gasteiger partial charge on any atom is 0.341 e. The van der Waals surface area contributed by atoms with Gasteiger partial charge in [-0.15, -0.1) is 0 Å². The summed E-state index contributed by atoms with van der Waals surface area (Å²) in [6.45, 7) is 10.4. The average Bonchev–Trinajstić information content (AvgIpc) is 2.95. The lowest BCUT2D eigenvalue weighted by molar-refractivity contribution is 0.0526. The van der Waals surface area contributed by atoms with E-state index in [1.807, 2.05) is 6.92 Å². The Labute approximate surface area is 178 Å². The van der Waals surface area contributed by atoms with E-state index in [2.05, 4.69) is 62.1 Å². The second kappa shape index (κ2) is 6.69. The molecule has 30 heavy (non-hydrogen) atoms. The molecule has 2 aliphatic rings. The molecule has 3 aromatic rings. The molecule has 1 aromatic heterocycles. The summed E-state index contributed by atoms with van der Waals surface area (Å²) in [5.74, 6) is -0.277. The molecule has 2 heterocycles. The number of anilines is 1. The van der Waals surface area contributed by atoms with E-state index < -0.39 is 0 Å². The van der Waals surface area contributed by atoms with Gasteiger partial charge in [-0.05, 0) is 42.4 Å². The standard InChI is InChI=1S/C26H30N2O2/c1-5-30-24(29)21-14-27-22-19-9-7-6-8-17(19)10-11-20(22)23(21)28-16-26(4)13-18(28)12-25(2,3)15-26/h6-11,14,18H,5,12-13,15-16H2,1-4H3. The summed E-state index contributed by atoms with van der Waals surface area (Å²) in [6.07, 6.45) is 5.27. The van der Waals surface area contributed by atoms with Crippen LogP contribution in [0.2, 0.25) is 0 Å². The highest BCUT2D eigenvalue weighted by Gasteiger charge is 2.50. The molecule has 4 heteroatoms. The fourth-order valence-corrected chi connectivity index (χ4v) is 6.31. The quantitative estimate of drug-likeness (QED) is 0.400. The number of ether oxygens (including phenoxy) is 1. The van der Waals surface area contributed by atoms with E-state index in [4.69, 9.17) is 9.72 Å². The van der Waals surface area contributed by atoms with Crippen LogP contribution in [0, 0.1) is 10.8 Å². The first-order valence-corrected chi connectivity index (χ1v) is 11.0. The predicted molar refractivity (Wildman–Crippen MR) is 122 cm³/mol. The molecule has 2 atom stereocenters. The molecule has 0 spiro atoms. The summed E-state index contributed by atoms with van der Waals surface area (Å²) in [5, 5.41) is 3.34. The van der Waals surface area contributed by atoms with E-state index in [1.54, 1.807) is 6.20 Å². The summed E-state index contributed by atoms with van der Waals surface area (Å²) in [4.78, 5) is 20.2. The van der Waals surface area contributed by atoms with Crippen LogP contribution in [-0.4, -0.2) is 30.1 Å². The molecule has 0 radical (unpaired) electrons. The van der Waals surface area contributed by atoms with Gasteiger partial charge in [0.2, 0.25) is 0 Å². The lowest BCUT2D eigenvalue weighted by Crippen LogP contribution is -2.35. The zero-order chi connectivity index (χ0) is 21.1. The summed E-state index contributed by atoms with van der Waals surface area (Å²) >= 11 is 0. The Morgan fingerprint density at radius 3 is 2.73 bits per heavy atom. The predicted octanol–water partition coefficient (Wildman–Crippen LogP) is 5.97. The highest BCUT2D eigenvalue weighted by Crippen LogP contribution is 2.54. The van der Waals surface area contributed by atoms with Gasteiger partial charge in [0, 0.05) is 29.6 Å². The third-order valence-corrected chi connectivity index (χ3v) is 6.93. The van der Waals surface area contributed by atoms with Gasteiger partial charge in [-0.1, -0.05) is 57.2 Å². The minimum absolute atomic E-state index is 0.269. The number of carbonyl (C=O) groups is 1. The van der Waals surface area contributed by atoms with Crippen LogP contribution in [0.1, 0.15) is 57.3 Å². The molecule has 1 saturated carbocycles. The molecule has 156 valence electrons. The van der Waals surface area contributed by atoms with Crippen LogP contribution in [0.25, 0.3) is 21.7 Å². The fourth-order valence-electron chi connectivity index (χ4n) is 6.31.